The zero-order valence-electron chi connectivity index (χ0n) is 14.3. The fourth-order valence-electron chi connectivity index (χ4n) is 1.91. The molecule has 0 aromatic heterocycles. The minimum Gasteiger partial charge on any atom is -0.493 e. The van der Waals surface area contributed by atoms with Crippen LogP contribution in [0.25, 0.3) is 0 Å². The van der Waals surface area contributed by atoms with Crippen molar-refractivity contribution in [3.63, 3.8) is 0 Å². The largest absolute Gasteiger partial charge is 0.493 e. The van der Waals surface area contributed by atoms with Crippen LogP contribution in [-0.2, 0) is 0 Å². The standard InChI is InChI=1S/C16H27N3O2S.HI/c1-5-17-16(18-10-6-7-11-22-4)19-13-8-9-14(20-2)15(12-13)21-3;/h8-9,12H,5-7,10-11H2,1-4H3,(H2,17,18,19);1H. The Hall–Kier alpha value is -0.830. The summed E-state index contributed by atoms with van der Waals surface area (Å²) in [6.45, 7) is 3.70. The first-order valence-corrected chi connectivity index (χ1v) is 8.90. The molecule has 2 N–H and O–H groups in total. The van der Waals surface area contributed by atoms with Crippen LogP contribution in [0, 0.1) is 0 Å². The van der Waals surface area contributed by atoms with Gasteiger partial charge in [-0.05, 0) is 43.9 Å². The van der Waals surface area contributed by atoms with Crippen molar-refractivity contribution in [3.8, 4) is 11.5 Å². The Morgan fingerprint density at radius 2 is 1.91 bits per heavy atom. The smallest absolute Gasteiger partial charge is 0.195 e. The molecule has 23 heavy (non-hydrogen) atoms. The van der Waals surface area contributed by atoms with Gasteiger partial charge in [0.25, 0.3) is 0 Å². The molecule has 0 aliphatic carbocycles. The van der Waals surface area contributed by atoms with Crippen LogP contribution in [0.5, 0.6) is 11.5 Å². The highest BCUT2D eigenvalue weighted by atomic mass is 127. The fraction of sp³-hybridized carbons (Fsp3) is 0.562. The van der Waals surface area contributed by atoms with Crippen LogP contribution >= 0.6 is 35.7 Å². The number of thioether (sulfide) groups is 1. The van der Waals surface area contributed by atoms with Crippen molar-refractivity contribution in [2.24, 2.45) is 4.99 Å². The van der Waals surface area contributed by atoms with E-state index < -0.39 is 0 Å². The van der Waals surface area contributed by atoms with Crippen molar-refractivity contribution in [2.45, 2.75) is 19.8 Å². The summed E-state index contributed by atoms with van der Waals surface area (Å²) in [4.78, 5) is 4.59. The molecule has 1 rings (SSSR count). The third-order valence-electron chi connectivity index (χ3n) is 3.02. The van der Waals surface area contributed by atoms with Crippen molar-refractivity contribution >= 4 is 47.4 Å². The Morgan fingerprint density at radius 3 is 2.52 bits per heavy atom. The summed E-state index contributed by atoms with van der Waals surface area (Å²) in [7, 11) is 3.26. The first-order valence-electron chi connectivity index (χ1n) is 7.51. The second kappa shape index (κ2) is 13.6. The molecule has 7 heteroatoms. The number of ether oxygens (including phenoxy) is 2. The van der Waals surface area contributed by atoms with E-state index in [-0.39, 0.29) is 24.0 Å². The van der Waals surface area contributed by atoms with Crippen LogP contribution in [0.15, 0.2) is 23.2 Å². The van der Waals surface area contributed by atoms with Crippen LogP contribution in [0.1, 0.15) is 19.8 Å². The lowest BCUT2D eigenvalue weighted by molar-refractivity contribution is 0.355. The summed E-state index contributed by atoms with van der Waals surface area (Å²) in [6.07, 6.45) is 4.43. The zero-order valence-corrected chi connectivity index (χ0v) is 17.5. The van der Waals surface area contributed by atoms with E-state index in [4.69, 9.17) is 9.47 Å². The fourth-order valence-corrected chi connectivity index (χ4v) is 2.40. The van der Waals surface area contributed by atoms with Gasteiger partial charge < -0.3 is 20.1 Å². The molecule has 0 radical (unpaired) electrons. The van der Waals surface area contributed by atoms with Gasteiger partial charge in [-0.1, -0.05) is 0 Å². The molecule has 0 aliphatic rings. The van der Waals surface area contributed by atoms with Gasteiger partial charge in [0.05, 0.1) is 14.2 Å². The highest BCUT2D eigenvalue weighted by Gasteiger charge is 2.06. The summed E-state index contributed by atoms with van der Waals surface area (Å²) in [6, 6.07) is 5.73. The number of anilines is 1. The van der Waals surface area contributed by atoms with E-state index in [2.05, 4.69) is 28.8 Å². The maximum atomic E-state index is 5.32. The van der Waals surface area contributed by atoms with Gasteiger partial charge >= 0.3 is 0 Å². The third-order valence-corrected chi connectivity index (χ3v) is 3.71. The van der Waals surface area contributed by atoms with E-state index in [1.165, 1.54) is 12.2 Å². The molecule has 0 fully saturated rings. The van der Waals surface area contributed by atoms with Crippen molar-refractivity contribution in [3.05, 3.63) is 18.2 Å². The molecular weight excluding hydrogens is 425 g/mol. The second-order valence-electron chi connectivity index (χ2n) is 4.66. The van der Waals surface area contributed by atoms with Gasteiger partial charge in [0.15, 0.2) is 17.5 Å². The number of halogens is 1. The van der Waals surface area contributed by atoms with Crippen LogP contribution < -0.4 is 20.1 Å². The Morgan fingerprint density at radius 1 is 1.17 bits per heavy atom. The van der Waals surface area contributed by atoms with E-state index in [9.17, 15) is 0 Å². The van der Waals surface area contributed by atoms with Gasteiger partial charge in [0, 0.05) is 24.8 Å². The number of methoxy groups -OCH3 is 2. The molecule has 0 aliphatic heterocycles. The summed E-state index contributed by atoms with van der Waals surface area (Å²) >= 11 is 1.88. The molecule has 0 saturated heterocycles. The van der Waals surface area contributed by atoms with Crippen molar-refractivity contribution in [2.75, 3.05) is 44.6 Å². The molecular formula is C16H28IN3O2S. The average Bonchev–Trinajstić information content (AvgIpc) is 2.54. The molecule has 0 amide bonds. The molecule has 0 saturated carbocycles. The SMILES string of the molecule is CCNC(=NCCCCSC)Nc1ccc(OC)c(OC)c1.I. The van der Waals surface area contributed by atoms with Crippen molar-refractivity contribution in [1.29, 1.82) is 0 Å². The summed E-state index contributed by atoms with van der Waals surface area (Å²) in [5.41, 5.74) is 0.918. The molecule has 1 aromatic carbocycles. The number of hydrogen-bond acceptors (Lipinski definition) is 4. The first kappa shape index (κ1) is 22.2. The number of guanidine groups is 1. The van der Waals surface area contributed by atoms with Crippen molar-refractivity contribution < 1.29 is 9.47 Å². The maximum absolute atomic E-state index is 5.32. The summed E-state index contributed by atoms with van der Waals surface area (Å²) in [5, 5.41) is 6.54. The van der Waals surface area contributed by atoms with Crippen molar-refractivity contribution in [1.82, 2.24) is 5.32 Å². The predicted molar refractivity (Wildman–Crippen MR) is 112 cm³/mol. The number of unbranched alkanes of at least 4 members (excludes halogenated alkanes) is 1. The lowest BCUT2D eigenvalue weighted by Gasteiger charge is -2.13. The van der Waals surface area contributed by atoms with Gasteiger partial charge in [0.1, 0.15) is 0 Å². The average molecular weight is 453 g/mol. The second-order valence-corrected chi connectivity index (χ2v) is 5.64. The third kappa shape index (κ3) is 8.55. The van der Waals surface area contributed by atoms with Gasteiger partial charge in [-0.2, -0.15) is 11.8 Å². The Labute approximate surface area is 161 Å². The topological polar surface area (TPSA) is 54.9 Å². The molecule has 132 valence electrons. The highest BCUT2D eigenvalue weighted by molar-refractivity contribution is 14.0. The maximum Gasteiger partial charge on any atom is 0.195 e. The first-order chi connectivity index (χ1) is 10.7. The summed E-state index contributed by atoms with van der Waals surface area (Å²) in [5.74, 6) is 3.39. The number of benzene rings is 1. The Kier molecular flexibility index (Phi) is 13.1. The normalized spacial score (nSPS) is 10.7. The minimum absolute atomic E-state index is 0. The van der Waals surface area contributed by atoms with Crippen LogP contribution in [0.4, 0.5) is 5.69 Å². The van der Waals surface area contributed by atoms with Gasteiger partial charge in [-0.15, -0.1) is 24.0 Å². The minimum atomic E-state index is 0. The van der Waals surface area contributed by atoms with Gasteiger partial charge in [-0.25, -0.2) is 0 Å². The number of rotatable bonds is 9. The molecule has 0 bridgehead atoms. The lowest BCUT2D eigenvalue weighted by Crippen LogP contribution is -2.30. The Balaban J connectivity index is 0.00000484. The number of aliphatic imine (C=N–C) groups is 1. The molecule has 5 nitrogen and oxygen atoms in total. The van der Waals surface area contributed by atoms with Gasteiger partial charge in [-0.3, -0.25) is 4.99 Å². The summed E-state index contributed by atoms with van der Waals surface area (Å²) < 4.78 is 10.6. The van der Waals surface area contributed by atoms with E-state index in [0.29, 0.717) is 11.5 Å². The number of hydrogen-bond donors (Lipinski definition) is 2. The molecule has 0 heterocycles. The van der Waals surface area contributed by atoms with E-state index in [1.54, 1.807) is 14.2 Å². The zero-order chi connectivity index (χ0) is 16.2. The monoisotopic (exact) mass is 453 g/mol. The van der Waals surface area contributed by atoms with E-state index >= 15 is 0 Å². The molecule has 0 unspecified atom stereocenters. The molecule has 0 spiro atoms. The van der Waals surface area contributed by atoms with E-state index in [1.807, 2.05) is 30.0 Å². The quantitative estimate of drug-likeness (QED) is 0.258. The predicted octanol–water partition coefficient (Wildman–Crippen LogP) is 3.84. The highest BCUT2D eigenvalue weighted by Crippen LogP contribution is 2.29. The number of nitrogens with one attached hydrogen (secondary N) is 2. The van der Waals surface area contributed by atoms with Crippen LogP contribution in [0.2, 0.25) is 0 Å². The molecule has 0 atom stereocenters. The van der Waals surface area contributed by atoms with E-state index in [0.717, 1.165) is 31.2 Å². The molecule has 1 aromatic rings. The number of nitrogens with zero attached hydrogens (tertiary/aromatic N) is 1. The van der Waals surface area contributed by atoms with Crippen LogP contribution in [-0.4, -0.2) is 45.3 Å². The van der Waals surface area contributed by atoms with Crippen LogP contribution in [0.3, 0.4) is 0 Å². The Bertz CT molecular complexity index is 473. The van der Waals surface area contributed by atoms with Gasteiger partial charge in [0.2, 0.25) is 0 Å². The lowest BCUT2D eigenvalue weighted by atomic mass is 10.2.